The Morgan fingerprint density at radius 2 is 2.22 bits per heavy atom. The van der Waals surface area contributed by atoms with E-state index in [1.807, 2.05) is 0 Å². The lowest BCUT2D eigenvalue weighted by Crippen LogP contribution is -2.37. The summed E-state index contributed by atoms with van der Waals surface area (Å²) in [6.07, 6.45) is 3.41. The minimum atomic E-state index is -0.507. The lowest BCUT2D eigenvalue weighted by atomic mass is 9.95. The normalized spacial score (nSPS) is 29.7. The molecule has 3 atom stereocenters. The maximum Gasteiger partial charge on any atom is 0.329 e. The van der Waals surface area contributed by atoms with Crippen molar-refractivity contribution in [2.45, 2.75) is 37.5 Å². The number of ether oxygens (including phenoxy) is 1. The van der Waals surface area contributed by atoms with Gasteiger partial charge in [-0.1, -0.05) is 0 Å². The third kappa shape index (κ3) is 1.62. The second-order valence-corrected chi connectivity index (χ2v) is 4.94. The Bertz CT molecular complexity index is 591. The molecule has 2 saturated heterocycles. The molecule has 3 heterocycles. The smallest absolute Gasteiger partial charge is 0.329 e. The van der Waals surface area contributed by atoms with Crippen LogP contribution in [-0.4, -0.2) is 27.8 Å². The Hall–Kier alpha value is -1.76. The molecule has 3 rings (SSSR count). The van der Waals surface area contributed by atoms with Crippen molar-refractivity contribution in [2.24, 2.45) is 7.05 Å². The van der Waals surface area contributed by atoms with E-state index < -0.39 is 11.2 Å². The lowest BCUT2D eigenvalue weighted by Gasteiger charge is -2.21. The van der Waals surface area contributed by atoms with Gasteiger partial charge in [0.1, 0.15) is 11.5 Å². The topological polar surface area (TPSA) is 102 Å². The second kappa shape index (κ2) is 3.88. The van der Waals surface area contributed by atoms with E-state index in [-0.39, 0.29) is 23.7 Å². The van der Waals surface area contributed by atoms with Gasteiger partial charge in [0.25, 0.3) is 5.56 Å². The summed E-state index contributed by atoms with van der Waals surface area (Å²) in [5.41, 5.74) is 5.08. The monoisotopic (exact) mass is 252 g/mol. The molecular weight excluding hydrogens is 236 g/mol. The van der Waals surface area contributed by atoms with E-state index in [2.05, 4.69) is 10.3 Å². The van der Waals surface area contributed by atoms with Gasteiger partial charge >= 0.3 is 5.69 Å². The van der Waals surface area contributed by atoms with Gasteiger partial charge in [-0.05, 0) is 19.3 Å². The van der Waals surface area contributed by atoms with E-state index in [1.165, 1.54) is 11.6 Å². The number of fused-ring (bicyclic) bond motifs is 2. The summed E-state index contributed by atoms with van der Waals surface area (Å²) < 4.78 is 6.93. The van der Waals surface area contributed by atoms with Crippen LogP contribution in [0.25, 0.3) is 0 Å². The van der Waals surface area contributed by atoms with Crippen molar-refractivity contribution in [3.8, 4) is 0 Å². The molecule has 2 aliphatic heterocycles. The first-order valence-corrected chi connectivity index (χ1v) is 6.07. The molecule has 7 heteroatoms. The predicted molar refractivity (Wildman–Crippen MR) is 66.6 cm³/mol. The van der Waals surface area contributed by atoms with Crippen LogP contribution in [0.2, 0.25) is 0 Å². The Labute approximate surface area is 103 Å². The van der Waals surface area contributed by atoms with Crippen molar-refractivity contribution < 1.29 is 4.74 Å². The van der Waals surface area contributed by atoms with Crippen LogP contribution >= 0.6 is 0 Å². The molecule has 1 aromatic heterocycles. The molecule has 0 aliphatic carbocycles. The molecule has 7 nitrogen and oxygen atoms in total. The van der Waals surface area contributed by atoms with Crippen LogP contribution in [-0.2, 0) is 11.8 Å². The molecular formula is C11H16N4O3. The predicted octanol–water partition coefficient (Wildman–Crippen LogP) is -0.612. The van der Waals surface area contributed by atoms with Gasteiger partial charge in [-0.25, -0.2) is 4.79 Å². The quantitative estimate of drug-likeness (QED) is 0.651. The zero-order valence-corrected chi connectivity index (χ0v) is 10.1. The third-order valence-electron chi connectivity index (χ3n) is 3.81. The van der Waals surface area contributed by atoms with Crippen molar-refractivity contribution >= 4 is 11.5 Å². The van der Waals surface area contributed by atoms with Gasteiger partial charge in [0.15, 0.2) is 0 Å². The Morgan fingerprint density at radius 1 is 1.44 bits per heavy atom. The minimum absolute atomic E-state index is 0.102. The highest BCUT2D eigenvalue weighted by Gasteiger charge is 2.41. The van der Waals surface area contributed by atoms with Crippen molar-refractivity contribution in [1.82, 2.24) is 9.55 Å². The van der Waals surface area contributed by atoms with Gasteiger partial charge in [-0.3, -0.25) is 14.3 Å². The molecule has 0 aromatic carbocycles. The highest BCUT2D eigenvalue weighted by molar-refractivity contribution is 5.61. The SMILES string of the molecule is Cn1c(N)c(NC2CC3CCC2O3)c(=O)[nH]c1=O. The lowest BCUT2D eigenvalue weighted by molar-refractivity contribution is 0.102. The summed E-state index contributed by atoms with van der Waals surface area (Å²) in [4.78, 5) is 25.3. The number of aromatic nitrogens is 2. The van der Waals surface area contributed by atoms with Crippen molar-refractivity contribution in [3.05, 3.63) is 20.8 Å². The number of anilines is 2. The summed E-state index contributed by atoms with van der Waals surface area (Å²) >= 11 is 0. The van der Waals surface area contributed by atoms with Crippen LogP contribution < -0.4 is 22.3 Å². The zero-order chi connectivity index (χ0) is 12.9. The van der Waals surface area contributed by atoms with Gasteiger partial charge in [0, 0.05) is 7.05 Å². The molecule has 2 fully saturated rings. The van der Waals surface area contributed by atoms with Crippen molar-refractivity contribution in [2.75, 3.05) is 11.1 Å². The van der Waals surface area contributed by atoms with Crippen LogP contribution in [0.15, 0.2) is 9.59 Å². The fourth-order valence-corrected chi connectivity index (χ4v) is 2.75. The number of rotatable bonds is 2. The van der Waals surface area contributed by atoms with Gasteiger partial charge in [0.2, 0.25) is 0 Å². The van der Waals surface area contributed by atoms with E-state index in [0.717, 1.165) is 19.3 Å². The Morgan fingerprint density at radius 3 is 2.83 bits per heavy atom. The van der Waals surface area contributed by atoms with E-state index in [1.54, 1.807) is 0 Å². The first-order chi connectivity index (χ1) is 8.56. The number of nitrogen functional groups attached to an aromatic ring is 1. The first-order valence-electron chi connectivity index (χ1n) is 6.07. The molecule has 0 radical (unpaired) electrons. The average Bonchev–Trinajstić information content (AvgIpc) is 2.94. The molecule has 1 aromatic rings. The molecule has 18 heavy (non-hydrogen) atoms. The Kier molecular flexibility index (Phi) is 2.44. The molecule has 2 aliphatic rings. The van der Waals surface area contributed by atoms with Crippen LogP contribution in [0.5, 0.6) is 0 Å². The van der Waals surface area contributed by atoms with Gasteiger partial charge in [-0.2, -0.15) is 0 Å². The molecule has 98 valence electrons. The first kappa shape index (κ1) is 11.3. The standard InChI is InChI=1S/C11H16N4O3/c1-15-9(12)8(10(16)14-11(15)17)13-6-4-5-2-3-7(6)18-5/h5-7,13H,2-4,12H2,1H3,(H,14,16,17). The van der Waals surface area contributed by atoms with Crippen LogP contribution in [0.4, 0.5) is 11.5 Å². The number of nitrogens with zero attached hydrogens (tertiary/aromatic N) is 1. The number of aromatic amines is 1. The summed E-state index contributed by atoms with van der Waals surface area (Å²) in [5.74, 6) is 0.159. The van der Waals surface area contributed by atoms with Gasteiger partial charge in [0.05, 0.1) is 18.2 Å². The van der Waals surface area contributed by atoms with Crippen LogP contribution in [0.1, 0.15) is 19.3 Å². The fraction of sp³-hybridized carbons (Fsp3) is 0.636. The maximum absolute atomic E-state index is 11.8. The van der Waals surface area contributed by atoms with E-state index in [4.69, 9.17) is 10.5 Å². The summed E-state index contributed by atoms with van der Waals surface area (Å²) in [6.45, 7) is 0. The van der Waals surface area contributed by atoms with E-state index >= 15 is 0 Å². The molecule has 0 amide bonds. The fourth-order valence-electron chi connectivity index (χ4n) is 2.75. The second-order valence-electron chi connectivity index (χ2n) is 4.94. The highest BCUT2D eigenvalue weighted by Crippen LogP contribution is 2.35. The summed E-state index contributed by atoms with van der Waals surface area (Å²) in [5, 5.41) is 3.12. The molecule has 2 bridgehead atoms. The van der Waals surface area contributed by atoms with Crippen LogP contribution in [0.3, 0.4) is 0 Å². The largest absolute Gasteiger partial charge is 0.383 e. The average molecular weight is 252 g/mol. The van der Waals surface area contributed by atoms with Crippen molar-refractivity contribution in [3.63, 3.8) is 0 Å². The minimum Gasteiger partial charge on any atom is -0.383 e. The number of hydrogen-bond donors (Lipinski definition) is 3. The van der Waals surface area contributed by atoms with Gasteiger partial charge < -0.3 is 15.8 Å². The number of nitrogens with one attached hydrogen (secondary N) is 2. The van der Waals surface area contributed by atoms with Crippen LogP contribution in [0, 0.1) is 0 Å². The maximum atomic E-state index is 11.8. The molecule has 3 unspecified atom stereocenters. The third-order valence-corrected chi connectivity index (χ3v) is 3.81. The molecule has 0 saturated carbocycles. The van der Waals surface area contributed by atoms with Crippen molar-refractivity contribution in [1.29, 1.82) is 0 Å². The highest BCUT2D eigenvalue weighted by atomic mass is 16.5. The number of nitrogens with two attached hydrogens (primary N) is 1. The number of H-pyrrole nitrogens is 1. The van der Waals surface area contributed by atoms with Gasteiger partial charge in [-0.15, -0.1) is 0 Å². The molecule has 4 N–H and O–H groups in total. The Balaban J connectivity index is 1.92. The number of hydrogen-bond acceptors (Lipinski definition) is 5. The zero-order valence-electron chi connectivity index (χ0n) is 10.1. The van der Waals surface area contributed by atoms with E-state index in [9.17, 15) is 9.59 Å². The summed E-state index contributed by atoms with van der Waals surface area (Å²) in [6, 6.07) is 0.102. The van der Waals surface area contributed by atoms with E-state index in [0.29, 0.717) is 6.10 Å². The molecule has 0 spiro atoms. The summed E-state index contributed by atoms with van der Waals surface area (Å²) in [7, 11) is 1.52.